The van der Waals surface area contributed by atoms with E-state index in [4.69, 9.17) is 0 Å². The van der Waals surface area contributed by atoms with Crippen LogP contribution in [0.3, 0.4) is 0 Å². The Bertz CT molecular complexity index is 53.5. The second-order valence-electron chi connectivity index (χ2n) is 0.653. The van der Waals surface area contributed by atoms with Crippen LogP contribution in [0.2, 0.25) is 0 Å². The van der Waals surface area contributed by atoms with Crippen LogP contribution >= 0.6 is 18.4 Å². The van der Waals surface area contributed by atoms with Gasteiger partial charge in [-0.1, -0.05) is 0 Å². The molecule has 8 heavy (non-hydrogen) atoms. The van der Waals surface area contributed by atoms with Gasteiger partial charge in [0.15, 0.2) is 0 Å². The lowest BCUT2D eigenvalue weighted by atomic mass is 10.3. The van der Waals surface area contributed by atoms with E-state index >= 15 is 0 Å². The van der Waals surface area contributed by atoms with Crippen molar-refractivity contribution in [1.82, 2.24) is 0 Å². The number of hydrogen-bond donors (Lipinski definition) is 0. The Morgan fingerprint density at radius 2 is 1.25 bits per heavy atom. The quantitative estimate of drug-likeness (QED) is 0.297. The average Bonchev–Trinajstić information content (AvgIpc) is 1.27. The van der Waals surface area contributed by atoms with Crippen molar-refractivity contribution in [2.24, 2.45) is 4.52 Å². The maximum Gasteiger partial charge on any atom is 0.673 e. The van der Waals surface area contributed by atoms with Crippen LogP contribution < -0.4 is 0 Å². The van der Waals surface area contributed by atoms with Crippen molar-refractivity contribution < 1.29 is 17.3 Å². The molecule has 0 bridgehead atoms. The fourth-order valence-electron chi connectivity index (χ4n) is 0. The van der Waals surface area contributed by atoms with E-state index in [1.54, 1.807) is 0 Å². The van der Waals surface area contributed by atoms with Crippen LogP contribution in [0, 0.1) is 0 Å². The Kier molecular flexibility index (Phi) is 7.60. The normalized spacial score (nSPS) is 9.50. The molecule has 0 aliphatic heterocycles. The molecule has 0 aliphatic carbocycles. The van der Waals surface area contributed by atoms with Crippen LogP contribution in [0.15, 0.2) is 4.52 Å². The highest BCUT2D eigenvalue weighted by atomic mass is 31.1. The van der Waals surface area contributed by atoms with Gasteiger partial charge in [-0.2, -0.15) is 0 Å². The first kappa shape index (κ1) is 11.2. The molecule has 0 aromatic carbocycles. The molecule has 0 rings (SSSR count). The Morgan fingerprint density at radius 1 is 1.25 bits per heavy atom. The van der Waals surface area contributed by atoms with Gasteiger partial charge < -0.3 is 17.3 Å². The van der Waals surface area contributed by atoms with Gasteiger partial charge in [0, 0.05) is 9.03 Å². The summed E-state index contributed by atoms with van der Waals surface area (Å²) < 4.78 is 42.3. The second kappa shape index (κ2) is 5.45. The van der Waals surface area contributed by atoms with E-state index in [2.05, 4.69) is 13.5 Å². The average molecular weight is 167 g/mol. The van der Waals surface area contributed by atoms with Crippen LogP contribution in [0.5, 0.6) is 0 Å². The van der Waals surface area contributed by atoms with Crippen molar-refractivity contribution in [2.75, 3.05) is 0 Å². The number of rotatable bonds is 0. The topological polar surface area (TPSA) is 12.4 Å². The largest absolute Gasteiger partial charge is 0.673 e. The molecule has 1 nitrogen and oxygen atoms in total. The van der Waals surface area contributed by atoms with Crippen molar-refractivity contribution in [1.29, 1.82) is 0 Å². The lowest BCUT2D eigenvalue weighted by Gasteiger charge is -1.94. The van der Waals surface area contributed by atoms with Gasteiger partial charge in [0.1, 0.15) is 0 Å². The van der Waals surface area contributed by atoms with Crippen LogP contribution in [0.4, 0.5) is 17.3 Å². The second-order valence-corrected chi connectivity index (χ2v) is 1.92. The Balaban J connectivity index is 0. The molecule has 8 heteroatoms. The Labute approximate surface area is 48.5 Å². The number of nitrogens with zero attached hydrogens (tertiary/aromatic N) is 1. The summed E-state index contributed by atoms with van der Waals surface area (Å²) in [5.74, 6) is 0. The summed E-state index contributed by atoms with van der Waals surface area (Å²) in [5, 5.41) is 0. The summed E-state index contributed by atoms with van der Waals surface area (Å²) in [6.07, 6.45) is 0. The third-order valence-corrected chi connectivity index (χ3v) is 0. The summed E-state index contributed by atoms with van der Waals surface area (Å²) in [6.45, 7) is 0. The van der Waals surface area contributed by atoms with Crippen LogP contribution in [0.25, 0.3) is 0 Å². The molecule has 0 saturated heterocycles. The van der Waals surface area contributed by atoms with Gasteiger partial charge >= 0.3 is 7.25 Å². The third kappa shape index (κ3) is 1800. The number of hydrogen-bond acceptors (Lipinski definition) is 1. The highest BCUT2D eigenvalue weighted by Crippen LogP contribution is 2.06. The molecule has 50 valence electrons. The first-order valence-corrected chi connectivity index (χ1v) is 2.49. The van der Waals surface area contributed by atoms with Gasteiger partial charge in [0.2, 0.25) is 0 Å². The van der Waals surface area contributed by atoms with Crippen LogP contribution in [-0.2, 0) is 0 Å². The summed E-state index contributed by atoms with van der Waals surface area (Å²) in [5.41, 5.74) is 0. The van der Waals surface area contributed by atoms with Crippen LogP contribution in [0.1, 0.15) is 0 Å². The van der Waals surface area contributed by atoms with Gasteiger partial charge in [0.05, 0.1) is 9.39 Å². The van der Waals surface area contributed by atoms with E-state index in [-0.39, 0.29) is 0 Å². The van der Waals surface area contributed by atoms with Gasteiger partial charge in [-0.3, -0.25) is 0 Å². The maximum atomic E-state index is 9.75. The van der Waals surface area contributed by atoms with Gasteiger partial charge in [-0.15, -0.1) is 4.52 Å². The van der Waals surface area contributed by atoms with Crippen molar-refractivity contribution in [3.05, 3.63) is 0 Å². The molecule has 1 unspecified atom stereocenters. The fourth-order valence-corrected chi connectivity index (χ4v) is 0. The molecule has 0 aromatic heterocycles. The SMILES string of the molecule is F[B-](F)(F)F.P=N[PH3+]. The predicted molar refractivity (Wildman–Crippen MR) is 32.0 cm³/mol. The summed E-state index contributed by atoms with van der Waals surface area (Å²) in [4.78, 5) is 0. The predicted octanol–water partition coefficient (Wildman–Crippen LogP) is 2.14. The van der Waals surface area contributed by atoms with Crippen LogP contribution in [-0.4, -0.2) is 7.25 Å². The monoisotopic (exact) mass is 167 g/mol. The van der Waals surface area contributed by atoms with Gasteiger partial charge in [-0.25, -0.2) is 0 Å². The van der Waals surface area contributed by atoms with Gasteiger partial charge in [-0.05, 0) is 0 Å². The van der Waals surface area contributed by atoms with E-state index in [1.807, 2.05) is 0 Å². The standard InChI is InChI=1S/BF4.H3NP2/c2-1(3,4)5;2-1-3/h;2H,3H2/q-1;/p+1. The Morgan fingerprint density at radius 3 is 1.25 bits per heavy atom. The molecule has 0 spiro atoms. The van der Waals surface area contributed by atoms with Gasteiger partial charge in [0.25, 0.3) is 0 Å². The summed E-state index contributed by atoms with van der Waals surface area (Å²) >= 11 is 0. The van der Waals surface area contributed by atoms with Crippen molar-refractivity contribution in [2.45, 2.75) is 0 Å². The maximum absolute atomic E-state index is 9.75. The zero-order valence-electron chi connectivity index (χ0n) is 3.74. The minimum Gasteiger partial charge on any atom is -0.418 e. The molecule has 0 fully saturated rings. The Hall–Kier alpha value is 0.315. The van der Waals surface area contributed by atoms with E-state index in [0.717, 1.165) is 0 Å². The van der Waals surface area contributed by atoms with E-state index in [0.29, 0.717) is 0 Å². The fraction of sp³-hybridized carbons (Fsp3) is 0. The highest BCUT2D eigenvalue weighted by molar-refractivity contribution is 7.23. The molecular weight excluding hydrogens is 163 g/mol. The minimum atomic E-state index is -6.00. The molecule has 0 aromatic rings. The van der Waals surface area contributed by atoms with E-state index in [9.17, 15) is 17.3 Å². The molecule has 0 heterocycles. The zero-order valence-corrected chi connectivity index (χ0v) is 6.16. The lowest BCUT2D eigenvalue weighted by molar-refractivity contribution is 0.368. The minimum absolute atomic E-state index is 1.51. The first-order chi connectivity index (χ1) is 3.41. The van der Waals surface area contributed by atoms with E-state index in [1.165, 1.54) is 9.39 Å². The molecule has 0 saturated carbocycles. The molecule has 0 aliphatic rings. The highest BCUT2D eigenvalue weighted by Gasteiger charge is 2.20. The molecule has 0 N–H and O–H groups in total. The third-order valence-electron chi connectivity index (χ3n) is 0. The van der Waals surface area contributed by atoms with E-state index < -0.39 is 7.25 Å². The van der Waals surface area contributed by atoms with Crippen molar-refractivity contribution in [3.63, 3.8) is 0 Å². The smallest absolute Gasteiger partial charge is 0.418 e. The zero-order chi connectivity index (χ0) is 7.21. The first-order valence-electron chi connectivity index (χ1n) is 1.41. The number of halogens is 4. The van der Waals surface area contributed by atoms with Crippen molar-refractivity contribution >= 4 is 25.7 Å². The summed E-state index contributed by atoms with van der Waals surface area (Å²) in [7, 11) is -1.67. The molecule has 0 radical (unpaired) electrons. The molecule has 0 amide bonds. The molecule has 1 atom stereocenters. The summed E-state index contributed by atoms with van der Waals surface area (Å²) in [6, 6.07) is 0. The lowest BCUT2D eigenvalue weighted by Crippen LogP contribution is -2.02. The molecular formula is H4BF4NP2. The van der Waals surface area contributed by atoms with Crippen molar-refractivity contribution in [3.8, 4) is 0 Å².